The third-order valence-electron chi connectivity index (χ3n) is 4.01. The van der Waals surface area contributed by atoms with Gasteiger partial charge in [-0.1, -0.05) is 23.4 Å². The molecule has 6 nitrogen and oxygen atoms in total. The van der Waals surface area contributed by atoms with Gasteiger partial charge in [0.25, 0.3) is 0 Å². The lowest BCUT2D eigenvalue weighted by atomic mass is 9.95. The van der Waals surface area contributed by atoms with Crippen LogP contribution in [0.3, 0.4) is 0 Å². The zero-order valence-electron chi connectivity index (χ0n) is 13.3. The van der Waals surface area contributed by atoms with E-state index < -0.39 is 10.0 Å². The zero-order valence-corrected chi connectivity index (χ0v) is 14.1. The molecule has 24 heavy (non-hydrogen) atoms. The van der Waals surface area contributed by atoms with Gasteiger partial charge in [0.15, 0.2) is 0 Å². The number of nitrogens with zero attached hydrogens (tertiary/aromatic N) is 4. The van der Waals surface area contributed by atoms with Crippen LogP contribution in [0.2, 0.25) is 0 Å². The van der Waals surface area contributed by atoms with Gasteiger partial charge < -0.3 is 0 Å². The van der Waals surface area contributed by atoms with E-state index in [-0.39, 0.29) is 18.1 Å². The Morgan fingerprint density at radius 3 is 2.83 bits per heavy atom. The second-order valence-electron chi connectivity index (χ2n) is 5.45. The molecule has 0 saturated carbocycles. The van der Waals surface area contributed by atoms with Gasteiger partial charge in [-0.2, -0.15) is 4.31 Å². The molecule has 1 aromatic heterocycles. The first kappa shape index (κ1) is 16.8. The largest absolute Gasteiger partial charge is 0.243 e. The van der Waals surface area contributed by atoms with E-state index in [1.54, 1.807) is 44.1 Å². The summed E-state index contributed by atoms with van der Waals surface area (Å²) >= 11 is 0. The van der Waals surface area contributed by atoms with Crippen molar-refractivity contribution in [3.8, 4) is 0 Å². The van der Waals surface area contributed by atoms with Gasteiger partial charge in [-0.05, 0) is 30.5 Å². The average Bonchev–Trinajstić information content (AvgIpc) is 3.08. The van der Waals surface area contributed by atoms with Crippen molar-refractivity contribution in [2.75, 3.05) is 18.8 Å². The highest BCUT2D eigenvalue weighted by molar-refractivity contribution is 7.89. The van der Waals surface area contributed by atoms with Gasteiger partial charge in [-0.15, -0.1) is 5.10 Å². The molecule has 1 radical (unpaired) electrons. The fourth-order valence-corrected chi connectivity index (χ4v) is 3.76. The summed E-state index contributed by atoms with van der Waals surface area (Å²) in [6, 6.07) is 4.85. The summed E-state index contributed by atoms with van der Waals surface area (Å²) in [5.74, 6) is -0.261. The highest BCUT2D eigenvalue weighted by atomic mass is 32.2. The van der Waals surface area contributed by atoms with Gasteiger partial charge in [0.2, 0.25) is 10.0 Å². The fraction of sp³-hybridized carbons (Fsp3) is 0.312. The first-order chi connectivity index (χ1) is 11.5. The van der Waals surface area contributed by atoms with Crippen LogP contribution in [-0.2, 0) is 10.0 Å². The SMILES string of the molecule is CCS(=O)(=O)N1CC=C(c2c(F)cccc2[CH]n2ccnn2)CC1. The Morgan fingerprint density at radius 2 is 2.21 bits per heavy atom. The summed E-state index contributed by atoms with van der Waals surface area (Å²) in [6.07, 6.45) is 5.47. The number of sulfonamides is 1. The normalized spacial score (nSPS) is 16.2. The highest BCUT2D eigenvalue weighted by Crippen LogP contribution is 2.29. The molecule has 1 aromatic carbocycles. The standard InChI is InChI=1S/C16H18FN4O2S/c1-2-24(22,23)21-9-6-13(7-10-21)16-14(4-3-5-15(16)17)12-20-11-8-18-19-20/h3-6,8,11-12H,2,7,9-10H2,1H3. The maximum absolute atomic E-state index is 14.4. The summed E-state index contributed by atoms with van der Waals surface area (Å²) in [7, 11) is -3.22. The Balaban J connectivity index is 1.90. The van der Waals surface area contributed by atoms with Crippen LogP contribution in [0, 0.1) is 12.4 Å². The van der Waals surface area contributed by atoms with Gasteiger partial charge in [0, 0.05) is 24.8 Å². The van der Waals surface area contributed by atoms with Crippen LogP contribution in [-0.4, -0.2) is 46.6 Å². The van der Waals surface area contributed by atoms with Crippen molar-refractivity contribution in [2.45, 2.75) is 13.3 Å². The van der Waals surface area contributed by atoms with E-state index in [0.29, 0.717) is 24.1 Å². The Morgan fingerprint density at radius 1 is 1.38 bits per heavy atom. The van der Waals surface area contributed by atoms with Crippen LogP contribution in [0.15, 0.2) is 36.7 Å². The van der Waals surface area contributed by atoms with Gasteiger partial charge >= 0.3 is 0 Å². The summed E-state index contributed by atoms with van der Waals surface area (Å²) in [6.45, 7) is 3.94. The molecule has 0 saturated heterocycles. The molecule has 0 unspecified atom stereocenters. The zero-order chi connectivity index (χ0) is 17.2. The summed E-state index contributed by atoms with van der Waals surface area (Å²) in [5.41, 5.74) is 1.97. The van der Waals surface area contributed by atoms with Crippen molar-refractivity contribution < 1.29 is 12.8 Å². The van der Waals surface area contributed by atoms with Crippen LogP contribution in [0.4, 0.5) is 4.39 Å². The molecule has 1 aliphatic heterocycles. The van der Waals surface area contributed by atoms with E-state index in [0.717, 1.165) is 5.57 Å². The van der Waals surface area contributed by atoms with Gasteiger partial charge in [-0.3, -0.25) is 0 Å². The molecule has 0 atom stereocenters. The lowest BCUT2D eigenvalue weighted by molar-refractivity contribution is 0.441. The molecule has 2 heterocycles. The van der Waals surface area contributed by atoms with Gasteiger partial charge in [0.1, 0.15) is 12.4 Å². The van der Waals surface area contributed by atoms with E-state index in [9.17, 15) is 12.8 Å². The van der Waals surface area contributed by atoms with E-state index in [1.807, 2.05) is 0 Å². The number of halogens is 1. The van der Waals surface area contributed by atoms with Crippen LogP contribution >= 0.6 is 0 Å². The molecule has 0 N–H and O–H groups in total. The Labute approximate surface area is 140 Å². The third-order valence-corrected chi connectivity index (χ3v) is 5.86. The van der Waals surface area contributed by atoms with Crippen molar-refractivity contribution >= 4 is 15.6 Å². The van der Waals surface area contributed by atoms with Crippen LogP contribution in [0.25, 0.3) is 5.57 Å². The quantitative estimate of drug-likeness (QED) is 0.827. The molecule has 0 spiro atoms. The molecule has 8 heteroatoms. The fourth-order valence-electron chi connectivity index (χ4n) is 2.73. The highest BCUT2D eigenvalue weighted by Gasteiger charge is 2.24. The topological polar surface area (TPSA) is 68.1 Å². The van der Waals surface area contributed by atoms with Gasteiger partial charge in [0.05, 0.1) is 11.9 Å². The molecule has 2 aromatic rings. The number of aromatic nitrogens is 3. The van der Waals surface area contributed by atoms with Crippen LogP contribution in [0.5, 0.6) is 0 Å². The molecule has 1 aliphatic rings. The molecule has 3 rings (SSSR count). The maximum atomic E-state index is 14.4. The van der Waals surface area contributed by atoms with Crippen LogP contribution in [0.1, 0.15) is 24.5 Å². The van der Waals surface area contributed by atoms with Crippen LogP contribution < -0.4 is 0 Å². The van der Waals surface area contributed by atoms with Crippen molar-refractivity contribution in [3.63, 3.8) is 0 Å². The molecular formula is C16H18FN4O2S. The first-order valence-corrected chi connectivity index (χ1v) is 9.28. The summed E-state index contributed by atoms with van der Waals surface area (Å²) < 4.78 is 41.2. The summed E-state index contributed by atoms with van der Waals surface area (Å²) in [4.78, 5) is 0. The summed E-state index contributed by atoms with van der Waals surface area (Å²) in [5, 5.41) is 7.59. The predicted molar refractivity (Wildman–Crippen MR) is 88.8 cm³/mol. The molecule has 0 amide bonds. The molecule has 127 valence electrons. The average molecular weight is 349 g/mol. The van der Waals surface area contributed by atoms with E-state index >= 15 is 0 Å². The van der Waals surface area contributed by atoms with Gasteiger partial charge in [-0.25, -0.2) is 17.5 Å². The Bertz CT molecular complexity index is 847. The minimum absolute atomic E-state index is 0.0706. The van der Waals surface area contributed by atoms with Crippen molar-refractivity contribution in [2.24, 2.45) is 0 Å². The number of benzene rings is 1. The van der Waals surface area contributed by atoms with Crippen molar-refractivity contribution in [3.05, 3.63) is 60.2 Å². The smallest absolute Gasteiger partial charge is 0.214 e. The Hall–Kier alpha value is -2.06. The molecule has 0 aliphatic carbocycles. The second-order valence-corrected chi connectivity index (χ2v) is 7.71. The number of hydrogen-bond donors (Lipinski definition) is 0. The molecular weight excluding hydrogens is 331 g/mol. The Kier molecular flexibility index (Phi) is 4.77. The molecule has 0 fully saturated rings. The lowest BCUT2D eigenvalue weighted by Crippen LogP contribution is -2.35. The monoisotopic (exact) mass is 349 g/mol. The lowest BCUT2D eigenvalue weighted by Gasteiger charge is -2.26. The van der Waals surface area contributed by atoms with E-state index in [2.05, 4.69) is 10.3 Å². The first-order valence-electron chi connectivity index (χ1n) is 7.67. The van der Waals surface area contributed by atoms with Crippen molar-refractivity contribution in [1.29, 1.82) is 0 Å². The van der Waals surface area contributed by atoms with E-state index in [4.69, 9.17) is 0 Å². The molecule has 0 bridgehead atoms. The predicted octanol–water partition coefficient (Wildman–Crippen LogP) is 1.91. The third kappa shape index (κ3) is 3.39. The van der Waals surface area contributed by atoms with E-state index in [1.165, 1.54) is 15.1 Å². The van der Waals surface area contributed by atoms with Crippen molar-refractivity contribution in [1.82, 2.24) is 19.3 Å². The number of hydrogen-bond acceptors (Lipinski definition) is 4. The number of rotatable bonds is 5. The minimum atomic E-state index is -3.22. The maximum Gasteiger partial charge on any atom is 0.214 e. The minimum Gasteiger partial charge on any atom is -0.243 e. The second kappa shape index (κ2) is 6.82.